The number of pyridine rings is 2. The number of halogens is 3. The van der Waals surface area contributed by atoms with Gasteiger partial charge in [-0.2, -0.15) is 18.3 Å². The van der Waals surface area contributed by atoms with Crippen LogP contribution in [-0.2, 0) is 4.74 Å². The molecule has 4 aromatic rings. The summed E-state index contributed by atoms with van der Waals surface area (Å²) in [5, 5.41) is 4.29. The van der Waals surface area contributed by atoms with E-state index in [1.165, 1.54) is 16.9 Å². The second-order valence-electron chi connectivity index (χ2n) is 7.92. The van der Waals surface area contributed by atoms with Crippen LogP contribution in [-0.4, -0.2) is 73.6 Å². The average molecular weight is 457 g/mol. The standard InChI is InChI=1S/C22H22F3N7O/c23-22(24,25)17(5-7-31-8-10-33-11-9-31)15-3-4-19(27-12-15)32-14-16(13-28-32)20-29-18-2-1-6-26-21(18)30-20/h1-4,6,12-14,17H,5,7-11H2,(H,26,29,30). The monoisotopic (exact) mass is 457 g/mol. The molecule has 4 aromatic heterocycles. The highest BCUT2D eigenvalue weighted by atomic mass is 19.4. The molecule has 1 unspecified atom stereocenters. The lowest BCUT2D eigenvalue weighted by molar-refractivity contribution is -0.153. The fourth-order valence-electron chi connectivity index (χ4n) is 3.95. The summed E-state index contributed by atoms with van der Waals surface area (Å²) in [6.07, 6.45) is 1.93. The Morgan fingerprint density at radius 3 is 2.67 bits per heavy atom. The maximum atomic E-state index is 13.8. The summed E-state index contributed by atoms with van der Waals surface area (Å²) in [6.45, 7) is 2.80. The molecular weight excluding hydrogens is 435 g/mol. The van der Waals surface area contributed by atoms with E-state index in [9.17, 15) is 13.2 Å². The minimum absolute atomic E-state index is 0.0173. The molecule has 5 heterocycles. The van der Waals surface area contributed by atoms with Gasteiger partial charge in [-0.05, 0) is 36.7 Å². The molecule has 172 valence electrons. The first kappa shape index (κ1) is 21.5. The zero-order valence-electron chi connectivity index (χ0n) is 17.7. The van der Waals surface area contributed by atoms with Gasteiger partial charge in [0.05, 0.1) is 36.4 Å². The molecule has 0 aliphatic carbocycles. The summed E-state index contributed by atoms with van der Waals surface area (Å²) in [7, 11) is 0. The molecule has 11 heteroatoms. The number of rotatable bonds is 6. The van der Waals surface area contributed by atoms with Crippen molar-refractivity contribution in [2.45, 2.75) is 18.5 Å². The summed E-state index contributed by atoms with van der Waals surface area (Å²) in [5.41, 5.74) is 2.27. The lowest BCUT2D eigenvalue weighted by Gasteiger charge is -2.29. The van der Waals surface area contributed by atoms with E-state index in [0.717, 1.165) is 11.1 Å². The molecule has 1 aliphatic heterocycles. The van der Waals surface area contributed by atoms with Gasteiger partial charge in [-0.25, -0.2) is 19.6 Å². The van der Waals surface area contributed by atoms with Crippen LogP contribution in [0.4, 0.5) is 13.2 Å². The SMILES string of the molecule is FC(F)(F)C(CCN1CCOCC1)c1ccc(-n2cc(-c3nc4ncccc4[nH]3)cn2)nc1. The van der Waals surface area contributed by atoms with Crippen molar-refractivity contribution in [3.8, 4) is 17.2 Å². The van der Waals surface area contributed by atoms with Crippen LogP contribution in [0.15, 0.2) is 49.1 Å². The van der Waals surface area contributed by atoms with Crippen molar-refractivity contribution in [1.29, 1.82) is 0 Å². The minimum atomic E-state index is -4.34. The van der Waals surface area contributed by atoms with E-state index < -0.39 is 12.1 Å². The molecule has 1 aliphatic rings. The topological polar surface area (TPSA) is 84.8 Å². The Bertz CT molecular complexity index is 1180. The molecule has 1 N–H and O–H groups in total. The third kappa shape index (κ3) is 4.74. The van der Waals surface area contributed by atoms with E-state index in [1.807, 2.05) is 17.0 Å². The Balaban J connectivity index is 1.32. The average Bonchev–Trinajstić information content (AvgIpc) is 3.47. The number of nitrogens with zero attached hydrogens (tertiary/aromatic N) is 6. The van der Waals surface area contributed by atoms with Crippen molar-refractivity contribution >= 4 is 11.2 Å². The van der Waals surface area contributed by atoms with Crippen molar-refractivity contribution in [2.24, 2.45) is 0 Å². The largest absolute Gasteiger partial charge is 0.395 e. The lowest BCUT2D eigenvalue weighted by atomic mass is 9.96. The summed E-state index contributed by atoms with van der Waals surface area (Å²) >= 11 is 0. The molecule has 0 aromatic carbocycles. The van der Waals surface area contributed by atoms with Crippen LogP contribution in [0.5, 0.6) is 0 Å². The predicted molar refractivity (Wildman–Crippen MR) is 115 cm³/mol. The Labute approximate surface area is 187 Å². The summed E-state index contributed by atoms with van der Waals surface area (Å²) in [4.78, 5) is 18.1. The maximum Gasteiger partial charge on any atom is 0.395 e. The van der Waals surface area contributed by atoms with Gasteiger partial charge in [0.2, 0.25) is 0 Å². The molecule has 1 saturated heterocycles. The Kier molecular flexibility index (Phi) is 5.81. The van der Waals surface area contributed by atoms with E-state index >= 15 is 0 Å². The van der Waals surface area contributed by atoms with Gasteiger partial charge >= 0.3 is 6.18 Å². The van der Waals surface area contributed by atoms with Gasteiger partial charge < -0.3 is 9.72 Å². The van der Waals surface area contributed by atoms with E-state index in [0.29, 0.717) is 50.1 Å². The van der Waals surface area contributed by atoms with Crippen molar-refractivity contribution in [3.63, 3.8) is 0 Å². The van der Waals surface area contributed by atoms with E-state index in [1.54, 1.807) is 24.7 Å². The Morgan fingerprint density at radius 1 is 1.09 bits per heavy atom. The van der Waals surface area contributed by atoms with E-state index in [4.69, 9.17) is 4.74 Å². The minimum Gasteiger partial charge on any atom is -0.379 e. The molecule has 1 atom stereocenters. The number of aromatic nitrogens is 6. The maximum absolute atomic E-state index is 13.8. The van der Waals surface area contributed by atoms with Crippen LogP contribution in [0, 0.1) is 0 Å². The summed E-state index contributed by atoms with van der Waals surface area (Å²) < 4.78 is 48.1. The highest BCUT2D eigenvalue weighted by Gasteiger charge is 2.40. The Hall–Kier alpha value is -3.31. The molecule has 8 nitrogen and oxygen atoms in total. The summed E-state index contributed by atoms with van der Waals surface area (Å²) in [6, 6.07) is 6.72. The highest BCUT2D eigenvalue weighted by Crippen LogP contribution is 2.37. The molecule has 1 fully saturated rings. The molecule has 0 amide bonds. The van der Waals surface area contributed by atoms with Gasteiger partial charge in [-0.15, -0.1) is 0 Å². The molecule has 0 spiro atoms. The van der Waals surface area contributed by atoms with Gasteiger partial charge in [-0.3, -0.25) is 4.90 Å². The van der Waals surface area contributed by atoms with Crippen molar-refractivity contribution in [1.82, 2.24) is 34.6 Å². The number of aromatic amines is 1. The predicted octanol–water partition coefficient (Wildman–Crippen LogP) is 3.57. The number of ether oxygens (including phenoxy) is 1. The number of morpholine rings is 1. The van der Waals surface area contributed by atoms with Crippen LogP contribution in [0.25, 0.3) is 28.4 Å². The number of alkyl halides is 3. The number of hydrogen-bond donors (Lipinski definition) is 1. The fraction of sp³-hybridized carbons (Fsp3) is 0.364. The molecule has 0 saturated carbocycles. The van der Waals surface area contributed by atoms with Crippen molar-refractivity contribution < 1.29 is 17.9 Å². The first-order valence-corrected chi connectivity index (χ1v) is 10.7. The zero-order valence-corrected chi connectivity index (χ0v) is 17.7. The summed E-state index contributed by atoms with van der Waals surface area (Å²) in [5.74, 6) is -0.543. The number of fused-ring (bicyclic) bond motifs is 1. The second-order valence-corrected chi connectivity index (χ2v) is 7.92. The van der Waals surface area contributed by atoms with E-state index in [2.05, 4.69) is 25.0 Å². The highest BCUT2D eigenvalue weighted by molar-refractivity contribution is 5.75. The first-order valence-electron chi connectivity index (χ1n) is 10.7. The van der Waals surface area contributed by atoms with Crippen LogP contribution >= 0.6 is 0 Å². The van der Waals surface area contributed by atoms with Crippen LogP contribution < -0.4 is 0 Å². The van der Waals surface area contributed by atoms with Crippen LogP contribution in [0.1, 0.15) is 17.9 Å². The molecule has 5 rings (SSSR count). The van der Waals surface area contributed by atoms with Crippen LogP contribution in [0.3, 0.4) is 0 Å². The molecule has 33 heavy (non-hydrogen) atoms. The fourth-order valence-corrected chi connectivity index (χ4v) is 3.95. The zero-order chi connectivity index (χ0) is 22.8. The van der Waals surface area contributed by atoms with Gasteiger partial charge in [0.15, 0.2) is 11.5 Å². The second kappa shape index (κ2) is 8.91. The first-order chi connectivity index (χ1) is 16.0. The third-order valence-corrected chi connectivity index (χ3v) is 5.75. The van der Waals surface area contributed by atoms with Gasteiger partial charge in [0.25, 0.3) is 0 Å². The normalized spacial score (nSPS) is 16.3. The number of H-pyrrole nitrogens is 1. The van der Waals surface area contributed by atoms with Crippen molar-refractivity contribution in [3.05, 3.63) is 54.6 Å². The number of imidazole rings is 1. The van der Waals surface area contributed by atoms with Gasteiger partial charge in [0, 0.05) is 31.7 Å². The number of hydrogen-bond acceptors (Lipinski definition) is 6. The molecule has 0 bridgehead atoms. The van der Waals surface area contributed by atoms with Gasteiger partial charge in [0.1, 0.15) is 5.82 Å². The quantitative estimate of drug-likeness (QED) is 0.477. The third-order valence-electron chi connectivity index (χ3n) is 5.75. The van der Waals surface area contributed by atoms with Crippen molar-refractivity contribution in [2.75, 3.05) is 32.8 Å². The Morgan fingerprint density at radius 2 is 1.94 bits per heavy atom. The van der Waals surface area contributed by atoms with Gasteiger partial charge in [-0.1, -0.05) is 6.07 Å². The van der Waals surface area contributed by atoms with E-state index in [-0.39, 0.29) is 12.0 Å². The van der Waals surface area contributed by atoms with Crippen LogP contribution in [0.2, 0.25) is 0 Å². The number of nitrogens with one attached hydrogen (secondary N) is 1. The molecular formula is C22H22F3N7O. The molecule has 0 radical (unpaired) electrons. The lowest BCUT2D eigenvalue weighted by Crippen LogP contribution is -2.38. The smallest absolute Gasteiger partial charge is 0.379 e.